The first-order chi connectivity index (χ1) is 9.29. The van der Waals surface area contributed by atoms with Gasteiger partial charge >= 0.3 is 0 Å². The highest BCUT2D eigenvalue weighted by Gasteiger charge is 2.21. The summed E-state index contributed by atoms with van der Waals surface area (Å²) >= 11 is 0. The van der Waals surface area contributed by atoms with E-state index in [1.54, 1.807) is 7.11 Å². The molecule has 5 heteroatoms. The molecule has 20 heavy (non-hydrogen) atoms. The topological polar surface area (TPSA) is 50.3 Å². The lowest BCUT2D eigenvalue weighted by Crippen LogP contribution is -2.34. The number of anilines is 2. The number of hydrogen-bond donors (Lipinski definition) is 1. The fourth-order valence-corrected chi connectivity index (χ4v) is 1.80. The molecule has 0 bridgehead atoms. The Morgan fingerprint density at radius 2 is 2.00 bits per heavy atom. The molecular formula is C15H28N4O. The summed E-state index contributed by atoms with van der Waals surface area (Å²) in [6.07, 6.45) is 0. The Labute approximate surface area is 122 Å². The van der Waals surface area contributed by atoms with Gasteiger partial charge < -0.3 is 15.0 Å². The largest absolute Gasteiger partial charge is 0.383 e. The van der Waals surface area contributed by atoms with E-state index in [-0.39, 0.29) is 11.5 Å². The summed E-state index contributed by atoms with van der Waals surface area (Å²) in [6.45, 7) is 12.1. The third-order valence-electron chi connectivity index (χ3n) is 3.17. The van der Waals surface area contributed by atoms with Crippen molar-refractivity contribution >= 4 is 11.6 Å². The van der Waals surface area contributed by atoms with Gasteiger partial charge in [0.1, 0.15) is 17.5 Å². The van der Waals surface area contributed by atoms with Crippen LogP contribution in [0.15, 0.2) is 6.07 Å². The van der Waals surface area contributed by atoms with E-state index < -0.39 is 0 Å². The molecule has 0 aromatic carbocycles. The quantitative estimate of drug-likeness (QED) is 0.868. The van der Waals surface area contributed by atoms with Crippen LogP contribution in [-0.4, -0.2) is 43.3 Å². The molecule has 0 saturated carbocycles. The van der Waals surface area contributed by atoms with Gasteiger partial charge in [0, 0.05) is 32.2 Å². The molecule has 1 rings (SSSR count). The predicted octanol–water partition coefficient (Wildman–Crippen LogP) is 2.68. The summed E-state index contributed by atoms with van der Waals surface area (Å²) in [7, 11) is 3.75. The highest BCUT2D eigenvalue weighted by Crippen LogP contribution is 2.24. The second-order valence-electron chi connectivity index (χ2n) is 6.13. The average molecular weight is 280 g/mol. The van der Waals surface area contributed by atoms with Crippen molar-refractivity contribution < 1.29 is 4.74 Å². The van der Waals surface area contributed by atoms with Crippen molar-refractivity contribution in [3.05, 3.63) is 11.9 Å². The maximum atomic E-state index is 5.22. The Balaban J connectivity index is 3.14. The molecule has 0 radical (unpaired) electrons. The van der Waals surface area contributed by atoms with Crippen molar-refractivity contribution in [2.45, 2.75) is 46.1 Å². The minimum atomic E-state index is -0.0779. The van der Waals surface area contributed by atoms with E-state index in [4.69, 9.17) is 9.72 Å². The maximum absolute atomic E-state index is 5.22. The Morgan fingerprint density at radius 1 is 1.35 bits per heavy atom. The van der Waals surface area contributed by atoms with Crippen molar-refractivity contribution in [3.63, 3.8) is 0 Å². The smallest absolute Gasteiger partial charge is 0.138 e. The zero-order chi connectivity index (χ0) is 15.3. The standard InChI is InChI=1S/C15H28N4O/c1-8-16-12-9-13(19(6)11(2)10-20-7)18-14(17-12)15(3,4)5/h9,11H,8,10H2,1-7H3,(H,16,17,18). The van der Waals surface area contributed by atoms with Crippen molar-refractivity contribution in [2.24, 2.45) is 0 Å². The highest BCUT2D eigenvalue weighted by atomic mass is 16.5. The first-order valence-corrected chi connectivity index (χ1v) is 7.14. The SMILES string of the molecule is CCNc1cc(N(C)C(C)COC)nc(C(C)(C)C)n1. The van der Waals surface area contributed by atoms with Crippen molar-refractivity contribution in [3.8, 4) is 0 Å². The van der Waals surface area contributed by atoms with Crippen LogP contribution in [0.4, 0.5) is 11.6 Å². The number of nitrogens with zero attached hydrogens (tertiary/aromatic N) is 3. The minimum absolute atomic E-state index is 0.0779. The molecule has 0 spiro atoms. The van der Waals surface area contributed by atoms with Gasteiger partial charge in [0.2, 0.25) is 0 Å². The minimum Gasteiger partial charge on any atom is -0.383 e. The molecule has 0 aliphatic heterocycles. The van der Waals surface area contributed by atoms with Gasteiger partial charge in [0.25, 0.3) is 0 Å². The molecule has 1 aromatic rings. The van der Waals surface area contributed by atoms with Gasteiger partial charge in [0.05, 0.1) is 12.6 Å². The zero-order valence-electron chi connectivity index (χ0n) is 13.8. The Kier molecular flexibility index (Phi) is 5.74. The molecule has 0 saturated heterocycles. The molecule has 1 heterocycles. The summed E-state index contributed by atoms with van der Waals surface area (Å²) in [6, 6.07) is 2.25. The van der Waals surface area contributed by atoms with Gasteiger partial charge in [-0.15, -0.1) is 0 Å². The summed E-state index contributed by atoms with van der Waals surface area (Å²) in [5, 5.41) is 3.28. The fraction of sp³-hybridized carbons (Fsp3) is 0.733. The second-order valence-corrected chi connectivity index (χ2v) is 6.13. The van der Waals surface area contributed by atoms with Gasteiger partial charge in [-0.25, -0.2) is 9.97 Å². The predicted molar refractivity (Wildman–Crippen MR) is 84.6 cm³/mol. The van der Waals surface area contributed by atoms with E-state index >= 15 is 0 Å². The van der Waals surface area contributed by atoms with Crippen LogP contribution in [-0.2, 0) is 10.2 Å². The Hall–Kier alpha value is -1.36. The maximum Gasteiger partial charge on any atom is 0.138 e. The number of ether oxygens (including phenoxy) is 1. The average Bonchev–Trinajstić information content (AvgIpc) is 2.37. The van der Waals surface area contributed by atoms with E-state index in [2.05, 4.69) is 49.8 Å². The van der Waals surface area contributed by atoms with Gasteiger partial charge in [-0.3, -0.25) is 0 Å². The van der Waals surface area contributed by atoms with Crippen molar-refractivity contribution in [1.82, 2.24) is 9.97 Å². The van der Waals surface area contributed by atoms with Crippen LogP contribution in [0.25, 0.3) is 0 Å². The van der Waals surface area contributed by atoms with Crippen molar-refractivity contribution in [2.75, 3.05) is 37.5 Å². The molecule has 1 aromatic heterocycles. The van der Waals surface area contributed by atoms with Crippen LogP contribution in [0.5, 0.6) is 0 Å². The first-order valence-electron chi connectivity index (χ1n) is 7.14. The van der Waals surface area contributed by atoms with Crippen LogP contribution in [0.1, 0.15) is 40.4 Å². The zero-order valence-corrected chi connectivity index (χ0v) is 13.8. The molecule has 0 aliphatic carbocycles. The number of likely N-dealkylation sites (N-methyl/N-ethyl adjacent to an activating group) is 1. The van der Waals surface area contributed by atoms with Gasteiger partial charge in [-0.2, -0.15) is 0 Å². The van der Waals surface area contributed by atoms with E-state index in [0.29, 0.717) is 6.61 Å². The number of aromatic nitrogens is 2. The molecule has 1 N–H and O–H groups in total. The van der Waals surface area contributed by atoms with Gasteiger partial charge in [0.15, 0.2) is 0 Å². The number of rotatable bonds is 6. The van der Waals surface area contributed by atoms with Gasteiger partial charge in [-0.1, -0.05) is 20.8 Å². The Morgan fingerprint density at radius 3 is 2.50 bits per heavy atom. The van der Waals surface area contributed by atoms with E-state index in [9.17, 15) is 0 Å². The summed E-state index contributed by atoms with van der Waals surface area (Å²) in [5.41, 5.74) is -0.0779. The lowest BCUT2D eigenvalue weighted by atomic mass is 9.96. The van der Waals surface area contributed by atoms with Crippen LogP contribution < -0.4 is 10.2 Å². The van der Waals surface area contributed by atoms with Gasteiger partial charge in [-0.05, 0) is 13.8 Å². The molecule has 1 atom stereocenters. The number of methoxy groups -OCH3 is 1. The Bertz CT molecular complexity index is 428. The van der Waals surface area contributed by atoms with Crippen LogP contribution >= 0.6 is 0 Å². The monoisotopic (exact) mass is 280 g/mol. The summed E-state index contributed by atoms with van der Waals surface area (Å²) in [5.74, 6) is 2.65. The lowest BCUT2D eigenvalue weighted by Gasteiger charge is -2.27. The molecule has 0 aliphatic rings. The lowest BCUT2D eigenvalue weighted by molar-refractivity contribution is 0.183. The van der Waals surface area contributed by atoms with E-state index in [1.165, 1.54) is 0 Å². The number of hydrogen-bond acceptors (Lipinski definition) is 5. The highest BCUT2D eigenvalue weighted by molar-refractivity contribution is 5.50. The van der Waals surface area contributed by atoms with Crippen LogP contribution in [0, 0.1) is 0 Å². The third kappa shape index (κ3) is 4.34. The first kappa shape index (κ1) is 16.7. The van der Waals surface area contributed by atoms with Crippen molar-refractivity contribution in [1.29, 1.82) is 0 Å². The summed E-state index contributed by atoms with van der Waals surface area (Å²) < 4.78 is 5.22. The fourth-order valence-electron chi connectivity index (χ4n) is 1.80. The molecule has 5 nitrogen and oxygen atoms in total. The summed E-state index contributed by atoms with van der Waals surface area (Å²) in [4.78, 5) is 11.4. The molecule has 0 amide bonds. The molecular weight excluding hydrogens is 252 g/mol. The number of nitrogens with one attached hydrogen (secondary N) is 1. The second kappa shape index (κ2) is 6.88. The molecule has 0 fully saturated rings. The molecule has 114 valence electrons. The normalized spacial score (nSPS) is 13.2. The molecule has 1 unspecified atom stereocenters. The van der Waals surface area contributed by atoms with Crippen LogP contribution in [0.2, 0.25) is 0 Å². The van der Waals surface area contributed by atoms with Crippen LogP contribution in [0.3, 0.4) is 0 Å². The van der Waals surface area contributed by atoms with E-state index in [1.807, 2.05) is 13.1 Å². The third-order valence-corrected chi connectivity index (χ3v) is 3.17. The van der Waals surface area contributed by atoms with E-state index in [0.717, 1.165) is 24.0 Å².